The molecule has 0 bridgehead atoms. The number of hydrogen-bond donors (Lipinski definition) is 2. The van der Waals surface area contributed by atoms with E-state index >= 15 is 0 Å². The summed E-state index contributed by atoms with van der Waals surface area (Å²) in [6.45, 7) is -0.319. The Morgan fingerprint density at radius 2 is 1.54 bits per heavy atom. The van der Waals surface area contributed by atoms with Crippen LogP contribution in [0.15, 0.2) is 83.8 Å². The molecule has 0 aliphatic rings. The molecule has 188 valence electrons. The van der Waals surface area contributed by atoms with Crippen molar-refractivity contribution in [3.63, 3.8) is 0 Å². The zero-order valence-electron chi connectivity index (χ0n) is 20.0. The van der Waals surface area contributed by atoms with Crippen LogP contribution in [-0.4, -0.2) is 35.9 Å². The van der Waals surface area contributed by atoms with E-state index in [9.17, 15) is 18.8 Å². The maximum absolute atomic E-state index is 13.8. The van der Waals surface area contributed by atoms with Crippen LogP contribution in [0.5, 0.6) is 0 Å². The van der Waals surface area contributed by atoms with Crippen molar-refractivity contribution in [2.24, 2.45) is 0 Å². The van der Waals surface area contributed by atoms with Gasteiger partial charge in [-0.2, -0.15) is 0 Å². The second-order valence-corrected chi connectivity index (χ2v) is 13.0. The van der Waals surface area contributed by atoms with E-state index in [4.69, 9.17) is 0 Å². The monoisotopic (exact) mass is 611 g/mol. The Balaban J connectivity index is 1.64. The number of amides is 1. The number of para-hydroxylation sites is 2. The summed E-state index contributed by atoms with van der Waals surface area (Å²) in [6, 6.07) is 20.7. The molecule has 0 saturated heterocycles. The molecule has 3 aromatic carbocycles. The van der Waals surface area contributed by atoms with Gasteiger partial charge in [-0.1, -0.05) is 0 Å². The quantitative estimate of drug-likeness (QED) is 0.0894. The van der Waals surface area contributed by atoms with Crippen molar-refractivity contribution in [3.8, 4) is 11.3 Å². The van der Waals surface area contributed by atoms with Crippen molar-refractivity contribution < 1.29 is 14.0 Å². The van der Waals surface area contributed by atoms with E-state index in [-0.39, 0.29) is 22.2 Å². The number of rotatable bonds is 6. The van der Waals surface area contributed by atoms with Crippen molar-refractivity contribution in [2.75, 3.05) is 17.3 Å². The van der Waals surface area contributed by atoms with Gasteiger partial charge in [0, 0.05) is 0 Å². The molecule has 5 rings (SSSR count). The molecule has 2 heterocycles. The standard InChI is InChI=1S/C27H23FIN5O3/c1-29(30-2)27(37)32-25-26(36)33(23(15-31-25)17-11-13-18(28)14-12-17)16-24(35)34-21-9-5-3-7-19(21)20-8-4-6-10-22(20)34/h3-15,30H,16H2,1-2H3,(H,31,32,37). The third-order valence-electron chi connectivity index (χ3n) is 6.07. The van der Waals surface area contributed by atoms with E-state index < -0.39 is 31.5 Å². The molecule has 10 heteroatoms. The predicted molar refractivity (Wildman–Crippen MR) is 152 cm³/mol. The van der Waals surface area contributed by atoms with Gasteiger partial charge >= 0.3 is 219 Å². The topological polar surface area (TPSA) is 98.0 Å². The number of carbonyl (C=O) groups excluding carboxylic acids is 2. The Bertz CT molecular complexity index is 1660. The molecular weight excluding hydrogens is 588 g/mol. The van der Waals surface area contributed by atoms with Gasteiger partial charge in [-0.3, -0.25) is 0 Å². The fourth-order valence-corrected chi connectivity index (χ4v) is 5.38. The van der Waals surface area contributed by atoms with Gasteiger partial charge in [0.05, 0.1) is 0 Å². The van der Waals surface area contributed by atoms with Crippen LogP contribution in [-0.2, 0) is 6.54 Å². The summed E-state index contributed by atoms with van der Waals surface area (Å²) in [7, 11) is 1.69. The molecule has 0 unspecified atom stereocenters. The van der Waals surface area contributed by atoms with E-state index in [1.807, 2.05) is 48.5 Å². The second-order valence-electron chi connectivity index (χ2n) is 8.21. The third-order valence-corrected chi connectivity index (χ3v) is 9.43. The van der Waals surface area contributed by atoms with Gasteiger partial charge in [-0.15, -0.1) is 0 Å². The van der Waals surface area contributed by atoms with Crippen molar-refractivity contribution in [3.05, 3.63) is 95.2 Å². The first kappa shape index (κ1) is 24.8. The fourth-order valence-electron chi connectivity index (χ4n) is 4.23. The summed E-state index contributed by atoms with van der Waals surface area (Å²) in [6.07, 6.45) is 1.41. The number of benzene rings is 3. The van der Waals surface area contributed by atoms with E-state index in [0.717, 1.165) is 21.8 Å². The third kappa shape index (κ3) is 4.65. The van der Waals surface area contributed by atoms with Crippen LogP contribution in [0, 0.1) is 5.82 Å². The van der Waals surface area contributed by atoms with Crippen molar-refractivity contribution in [1.82, 2.24) is 17.6 Å². The number of nitrogens with one attached hydrogen (secondary N) is 2. The zero-order chi connectivity index (χ0) is 26.1. The summed E-state index contributed by atoms with van der Waals surface area (Å²) >= 11 is -2.17. The summed E-state index contributed by atoms with van der Waals surface area (Å²) in [5.41, 5.74) is 1.67. The average Bonchev–Trinajstić information content (AvgIpc) is 3.25. The van der Waals surface area contributed by atoms with E-state index in [1.165, 1.54) is 35.0 Å². The van der Waals surface area contributed by atoms with Crippen molar-refractivity contribution in [2.45, 2.75) is 6.54 Å². The molecule has 0 aliphatic heterocycles. The molecule has 0 radical (unpaired) electrons. The van der Waals surface area contributed by atoms with Gasteiger partial charge in [0.2, 0.25) is 0 Å². The Morgan fingerprint density at radius 1 is 0.946 bits per heavy atom. The first-order chi connectivity index (χ1) is 17.9. The number of hydrogen-bond acceptors (Lipinski definition) is 5. The Labute approximate surface area is 218 Å². The number of aromatic nitrogens is 3. The van der Waals surface area contributed by atoms with Crippen LogP contribution in [0.1, 0.15) is 4.79 Å². The fraction of sp³-hybridized carbons (Fsp3) is 0.111. The Kier molecular flexibility index (Phi) is 6.85. The molecule has 5 aromatic rings. The number of alkyl halides is 1. The molecule has 0 aliphatic carbocycles. The summed E-state index contributed by atoms with van der Waals surface area (Å²) in [4.78, 5) is 45.9. The minimum absolute atomic E-state index is 0.162. The summed E-state index contributed by atoms with van der Waals surface area (Å²) < 4.78 is 19.1. The van der Waals surface area contributed by atoms with E-state index in [0.29, 0.717) is 11.3 Å². The van der Waals surface area contributed by atoms with Crippen LogP contribution >= 0.6 is 20.1 Å². The second kappa shape index (κ2) is 10.2. The molecule has 1 amide bonds. The summed E-state index contributed by atoms with van der Waals surface area (Å²) in [5, 5.41) is 4.45. The molecule has 37 heavy (non-hydrogen) atoms. The number of carbonyl (C=O) groups is 2. The zero-order valence-corrected chi connectivity index (χ0v) is 22.2. The minimum atomic E-state index is -2.17. The normalized spacial score (nSPS) is 11.6. The SMILES string of the molecule is CNI(C)C(=O)Nc1ncc(-c2ccc(F)cc2)n(CC(=O)n2c3ccccc3c3ccccc32)c1=O. The molecule has 0 spiro atoms. The molecule has 0 atom stereocenters. The number of nitrogens with zero attached hydrogens (tertiary/aromatic N) is 3. The van der Waals surface area contributed by atoms with Crippen LogP contribution in [0.2, 0.25) is 0 Å². The Morgan fingerprint density at radius 3 is 2.14 bits per heavy atom. The first-order valence-corrected chi connectivity index (χ1v) is 15.7. The molecule has 2 N–H and O–H groups in total. The number of fused-ring (bicyclic) bond motifs is 3. The molecule has 0 saturated carbocycles. The van der Waals surface area contributed by atoms with E-state index in [1.54, 1.807) is 16.5 Å². The van der Waals surface area contributed by atoms with Crippen molar-refractivity contribution in [1.29, 1.82) is 0 Å². The van der Waals surface area contributed by atoms with Gasteiger partial charge in [-0.05, 0) is 0 Å². The van der Waals surface area contributed by atoms with Crippen LogP contribution in [0.3, 0.4) is 0 Å². The molecule has 0 fully saturated rings. The number of halogens is 2. The number of anilines is 1. The van der Waals surface area contributed by atoms with Gasteiger partial charge in [0.25, 0.3) is 0 Å². The van der Waals surface area contributed by atoms with Crippen LogP contribution < -0.4 is 14.4 Å². The van der Waals surface area contributed by atoms with Crippen LogP contribution in [0.25, 0.3) is 33.1 Å². The Hall–Kier alpha value is -3.90. The van der Waals surface area contributed by atoms with E-state index in [2.05, 4.69) is 13.8 Å². The van der Waals surface area contributed by atoms with Crippen LogP contribution in [0.4, 0.5) is 15.0 Å². The average molecular weight is 611 g/mol. The molecule has 2 aromatic heterocycles. The van der Waals surface area contributed by atoms with Gasteiger partial charge < -0.3 is 0 Å². The summed E-state index contributed by atoms with van der Waals surface area (Å²) in [5.74, 6) is -0.932. The maximum atomic E-state index is 13.8. The predicted octanol–water partition coefficient (Wildman–Crippen LogP) is 5.30. The van der Waals surface area contributed by atoms with Gasteiger partial charge in [0.15, 0.2) is 0 Å². The van der Waals surface area contributed by atoms with Crippen molar-refractivity contribution >= 4 is 57.5 Å². The molecular formula is C27H23FIN5O3. The van der Waals surface area contributed by atoms with Gasteiger partial charge in [0.1, 0.15) is 0 Å². The first-order valence-electron chi connectivity index (χ1n) is 11.3. The molecule has 8 nitrogen and oxygen atoms in total. The van der Waals surface area contributed by atoms with Gasteiger partial charge in [-0.25, -0.2) is 0 Å².